The summed E-state index contributed by atoms with van der Waals surface area (Å²) in [4.78, 5) is 13.8. The van der Waals surface area contributed by atoms with Gasteiger partial charge < -0.3 is 30.2 Å². The molecule has 0 saturated carbocycles. The Balaban J connectivity index is 0.000000236. The van der Waals surface area contributed by atoms with Crippen LogP contribution in [0.4, 0.5) is 0 Å². The zero-order chi connectivity index (χ0) is 54.5. The topological polar surface area (TPSA) is 271 Å². The lowest BCUT2D eigenvalue weighted by Gasteiger charge is -2.30. The van der Waals surface area contributed by atoms with E-state index in [1.54, 1.807) is 21.6 Å². The van der Waals surface area contributed by atoms with Gasteiger partial charge in [-0.2, -0.15) is 20.6 Å². The number of aliphatic hydroxyl groups excluding tert-OH is 2. The number of fused-ring (bicyclic) bond motifs is 6. The minimum Gasteiger partial charge on any atom is -0.473 e. The monoisotopic (exact) mass is 1030 g/mol. The van der Waals surface area contributed by atoms with Gasteiger partial charge in [0.2, 0.25) is 17.6 Å². The Morgan fingerprint density at radius 2 is 1.73 bits per heavy atom. The number of nitrogens with one attached hydrogen (secondary N) is 3. The van der Waals surface area contributed by atoms with Gasteiger partial charge in [0, 0.05) is 67.2 Å². The van der Waals surface area contributed by atoms with Crippen LogP contribution in [0.1, 0.15) is 106 Å². The molecule has 2 aliphatic rings. The molecule has 75 heavy (non-hydrogen) atoms. The number of hydrogen-bond acceptors (Lipinski definition) is 16. The normalized spacial score (nSPS) is 19.3. The first-order valence-corrected chi connectivity index (χ1v) is 25.3. The fourth-order valence-electron chi connectivity index (χ4n) is 9.02. The lowest BCUT2D eigenvalue weighted by atomic mass is 10.0. The number of aryl methyl sites for hydroxylation is 3. The molecule has 1 unspecified atom stereocenters. The molecule has 0 amide bonds. The van der Waals surface area contributed by atoms with Crippen molar-refractivity contribution in [3.63, 3.8) is 0 Å². The van der Waals surface area contributed by atoms with Gasteiger partial charge in [0.05, 0.1) is 94.6 Å². The molecule has 0 aliphatic carbocycles. The molecule has 0 aromatic carbocycles. The summed E-state index contributed by atoms with van der Waals surface area (Å²) >= 11 is 0. The first-order valence-electron chi connectivity index (χ1n) is 25.3. The van der Waals surface area contributed by atoms with Crippen molar-refractivity contribution in [1.82, 2.24) is 64.9 Å². The van der Waals surface area contributed by atoms with Gasteiger partial charge in [-0.25, -0.2) is 4.68 Å². The summed E-state index contributed by atoms with van der Waals surface area (Å²) in [5, 5.41) is 60.9. The number of pyridine rings is 1. The van der Waals surface area contributed by atoms with Crippen molar-refractivity contribution >= 4 is 52.6 Å². The lowest BCUT2D eigenvalue weighted by molar-refractivity contribution is 0.128. The molecule has 0 saturated heterocycles. The number of rotatable bonds is 8. The molecule has 6 aromatic rings. The highest BCUT2D eigenvalue weighted by Gasteiger charge is 2.26. The minimum atomic E-state index is -0.167. The summed E-state index contributed by atoms with van der Waals surface area (Å²) < 4.78 is 21.9. The van der Waals surface area contributed by atoms with Gasteiger partial charge in [0.15, 0.2) is 6.61 Å². The molecule has 21 nitrogen and oxygen atoms in total. The molecule has 400 valence electrons. The number of aliphatic hydroxyl groups is 2. The van der Waals surface area contributed by atoms with Crippen molar-refractivity contribution < 1.29 is 24.4 Å². The highest BCUT2D eigenvalue weighted by molar-refractivity contribution is 6.05. The van der Waals surface area contributed by atoms with Crippen LogP contribution in [0.3, 0.4) is 0 Å². The van der Waals surface area contributed by atoms with Crippen LogP contribution in [0.25, 0.3) is 58.1 Å². The second-order valence-corrected chi connectivity index (χ2v) is 18.6. The number of H-pyrrole nitrogens is 3. The molecule has 2 bridgehead atoms. The molecule has 7 N–H and O–H groups in total. The molecule has 2 atom stereocenters. The molecular weight excluding hydrogens is 953 g/mol. The smallest absolute Gasteiger partial charge is 0.241 e. The number of nitrogens with zero attached hydrogens (tertiary/aromatic N) is 12. The fourth-order valence-corrected chi connectivity index (χ4v) is 9.02. The molecule has 6 aromatic heterocycles. The molecule has 0 radical (unpaired) electrons. The average Bonchev–Trinajstić information content (AvgIpc) is 4.19. The number of hydrogen-bond donors (Lipinski definition) is 6. The summed E-state index contributed by atoms with van der Waals surface area (Å²) in [7, 11) is 3.88. The molecule has 8 rings (SSSR count). The van der Waals surface area contributed by atoms with Crippen LogP contribution in [0.2, 0.25) is 0 Å². The van der Waals surface area contributed by atoms with Gasteiger partial charge in [-0.05, 0) is 111 Å². The Bertz CT molecular complexity index is 3110. The molecule has 0 spiro atoms. The number of nitriles is 1. The van der Waals surface area contributed by atoms with Crippen LogP contribution < -0.4 is 19.9 Å². The highest BCUT2D eigenvalue weighted by atomic mass is 16.5. The van der Waals surface area contributed by atoms with E-state index in [1.807, 2.05) is 105 Å². The maximum atomic E-state index is 9.66. The van der Waals surface area contributed by atoms with Gasteiger partial charge in [0.25, 0.3) is 0 Å². The first kappa shape index (κ1) is 56.7. The molecule has 8 heterocycles. The molecule has 2 aliphatic heterocycles. The molecule has 21 heteroatoms. The predicted molar refractivity (Wildman–Crippen MR) is 296 cm³/mol. The number of likely N-dealkylation sites (N-methyl/N-ethyl adjacent to an activating group) is 1. The number of aliphatic imine (C=N–C) groups is 1. The van der Waals surface area contributed by atoms with E-state index < -0.39 is 0 Å². The number of aromatic nitrogens is 11. The predicted octanol–water partition coefficient (Wildman–Crippen LogP) is 6.98. The minimum absolute atomic E-state index is 0.0340. The van der Waals surface area contributed by atoms with E-state index in [-0.39, 0.29) is 38.1 Å². The van der Waals surface area contributed by atoms with E-state index in [1.165, 1.54) is 0 Å². The van der Waals surface area contributed by atoms with E-state index >= 15 is 0 Å². The Labute approximate surface area is 439 Å². The zero-order valence-electron chi connectivity index (χ0n) is 45.5. The van der Waals surface area contributed by atoms with Gasteiger partial charge in [-0.1, -0.05) is 20.4 Å². The van der Waals surface area contributed by atoms with Crippen LogP contribution in [-0.2, 0) is 20.1 Å². The molecular formula is C54H74N16O5. The molecule has 0 fully saturated rings. The number of ether oxygens (including phenoxy) is 3. The largest absolute Gasteiger partial charge is 0.473 e. The number of allylic oxidation sites excluding steroid dienone is 3. The third-order valence-corrected chi connectivity index (χ3v) is 12.4. The van der Waals surface area contributed by atoms with Crippen molar-refractivity contribution in [2.45, 2.75) is 101 Å². The van der Waals surface area contributed by atoms with Crippen LogP contribution in [0.5, 0.6) is 17.6 Å². The van der Waals surface area contributed by atoms with Crippen molar-refractivity contribution in [2.75, 3.05) is 53.0 Å². The Morgan fingerprint density at radius 3 is 2.43 bits per heavy atom. The number of nitrogens with two attached hydrogens (primary N) is 1. The van der Waals surface area contributed by atoms with Crippen LogP contribution >= 0.6 is 0 Å². The standard InChI is InChI=1S/C26H32N8O3.C26H36N8O2.C2H6/c1-6-21-20-13-16(2)24-18(4)28-31-26(24)37-17(3)14-33(5)15-23-19(7-8-22(20)30-29-21)25(36-12-9-27)32-34(23)10-11-35;1-15(2)34-13-16(3)36-26-25(18(5)32-33(26)6)22-11-20-21(30-31-23(20)12-29-22)8-7-19(17(4)27)24(14-34)28-9-10-35;1-2/h6-8,13,17,35H,1,10-12,14-15H2,2-5H3,(H,28,31)(H,29,30);7-8,11-12,15-16,35H,9-10,13-14,27H2,1-6H3,(H,30,31);1-2H3/b8-7+,16-13+;8-7+,19-17-,28-24?;/t17-;;/m0../s1. The second-order valence-electron chi connectivity index (χ2n) is 18.6. The summed E-state index contributed by atoms with van der Waals surface area (Å²) in [6.07, 6.45) is 12.9. The maximum Gasteiger partial charge on any atom is 0.241 e. The lowest BCUT2D eigenvalue weighted by Crippen LogP contribution is -2.42. The van der Waals surface area contributed by atoms with E-state index in [2.05, 4.69) is 77.9 Å². The van der Waals surface area contributed by atoms with Crippen molar-refractivity contribution in [2.24, 2.45) is 17.8 Å². The summed E-state index contributed by atoms with van der Waals surface area (Å²) in [5.41, 5.74) is 19.4. The highest BCUT2D eigenvalue weighted by Crippen LogP contribution is 2.36. The van der Waals surface area contributed by atoms with Gasteiger partial charge in [-0.15, -0.1) is 10.2 Å². The van der Waals surface area contributed by atoms with E-state index in [0.29, 0.717) is 68.3 Å². The zero-order valence-corrected chi connectivity index (χ0v) is 45.5. The van der Waals surface area contributed by atoms with E-state index in [0.717, 1.165) is 84.2 Å². The first-order chi connectivity index (χ1) is 36.0. The van der Waals surface area contributed by atoms with Gasteiger partial charge >= 0.3 is 0 Å². The van der Waals surface area contributed by atoms with Gasteiger partial charge in [-0.3, -0.25) is 39.8 Å². The van der Waals surface area contributed by atoms with Crippen LogP contribution in [-0.4, -0.2) is 152 Å². The third-order valence-electron chi connectivity index (χ3n) is 12.4. The average molecular weight is 1030 g/mol. The van der Waals surface area contributed by atoms with Crippen molar-refractivity contribution in [3.05, 3.63) is 87.0 Å². The van der Waals surface area contributed by atoms with E-state index in [9.17, 15) is 10.2 Å². The second kappa shape index (κ2) is 26.0. The van der Waals surface area contributed by atoms with Gasteiger partial charge in [0.1, 0.15) is 18.3 Å². The maximum absolute atomic E-state index is 9.66. The van der Waals surface area contributed by atoms with Crippen molar-refractivity contribution in [1.29, 1.82) is 5.26 Å². The fraction of sp³-hybridized carbons (Fsp3) is 0.444. The third kappa shape index (κ3) is 13.4. The summed E-state index contributed by atoms with van der Waals surface area (Å²) in [6, 6.07) is 4.24. The van der Waals surface area contributed by atoms with Crippen LogP contribution in [0, 0.1) is 25.2 Å². The Kier molecular flexibility index (Phi) is 19.7. The number of aromatic amines is 3. The SMILES string of the molecule is C/C(N)=C1\C=C\c2n[nH]c3cnc(cc23)-c2c(C)nn(C)c2OC(C)CN(C(C)C)CC1=NCCO.C=Cc1n[nH]c2c1/C=C(\C)c1c(n[nH]c1C)O[C@@H](C)CN(C)Cc1c(c(OCC#N)nn1CCO)/C=C/2.CC. The van der Waals surface area contributed by atoms with E-state index in [4.69, 9.17) is 35.2 Å². The Hall–Kier alpha value is -7.64. The Morgan fingerprint density at radius 1 is 0.973 bits per heavy atom. The summed E-state index contributed by atoms with van der Waals surface area (Å²) in [5.74, 6) is 1.55. The summed E-state index contributed by atoms with van der Waals surface area (Å²) in [6.45, 7) is 26.7. The quantitative estimate of drug-likeness (QED) is 0.0897. The van der Waals surface area contributed by atoms with Crippen LogP contribution in [0.15, 0.2) is 41.2 Å². The van der Waals surface area contributed by atoms with Crippen molar-refractivity contribution in [3.8, 4) is 35.0 Å².